The molecule has 0 bridgehead atoms. The number of alkyl halides is 3. The van der Waals surface area contributed by atoms with Crippen LogP contribution in [-0.2, 0) is 18.1 Å². The third-order valence-electron chi connectivity index (χ3n) is 8.78. The molecule has 0 saturated heterocycles. The van der Waals surface area contributed by atoms with E-state index in [1.54, 1.807) is 11.0 Å². The van der Waals surface area contributed by atoms with Gasteiger partial charge >= 0.3 is 6.18 Å². The number of benzene rings is 2. The number of nitrogens with zero attached hydrogens (tertiary/aromatic N) is 2. The predicted molar refractivity (Wildman–Crippen MR) is 172 cm³/mol. The molecule has 1 aliphatic carbocycles. The van der Waals surface area contributed by atoms with Gasteiger partial charge in [0.05, 0.1) is 28.8 Å². The number of carbonyl (C=O) groups excluding carboxylic acids is 2. The van der Waals surface area contributed by atoms with Gasteiger partial charge < -0.3 is 20.6 Å². The molecule has 1 fully saturated rings. The van der Waals surface area contributed by atoms with E-state index in [-0.39, 0.29) is 35.6 Å². The molecule has 1 aliphatic rings. The summed E-state index contributed by atoms with van der Waals surface area (Å²) in [6, 6.07) is 8.40. The van der Waals surface area contributed by atoms with Crippen molar-refractivity contribution in [3.63, 3.8) is 0 Å². The smallest absolute Gasteiger partial charge is 0.390 e. The normalized spacial score (nSPS) is 15.8. The predicted octanol–water partition coefficient (Wildman–Crippen LogP) is 6.79. The van der Waals surface area contributed by atoms with Crippen LogP contribution in [0.1, 0.15) is 96.2 Å². The highest BCUT2D eigenvalue weighted by atomic mass is 19.4. The summed E-state index contributed by atoms with van der Waals surface area (Å²) in [7, 11) is 0. The second-order valence-corrected chi connectivity index (χ2v) is 12.5. The lowest BCUT2D eigenvalue weighted by molar-refractivity contribution is -0.137. The summed E-state index contributed by atoms with van der Waals surface area (Å²) < 4.78 is 69.1. The quantitative estimate of drug-likeness (QED) is 0.164. The number of rotatable bonds is 14. The number of halogens is 5. The van der Waals surface area contributed by atoms with E-state index in [9.17, 15) is 36.6 Å². The highest BCUT2D eigenvalue weighted by molar-refractivity contribution is 5.99. The van der Waals surface area contributed by atoms with Crippen LogP contribution < -0.4 is 10.6 Å². The summed E-state index contributed by atoms with van der Waals surface area (Å²) in [5, 5.41) is 17.6. The molecule has 2 amide bonds. The lowest BCUT2D eigenvalue weighted by Gasteiger charge is -2.40. The van der Waals surface area contributed by atoms with Crippen LogP contribution in [0.2, 0.25) is 0 Å². The summed E-state index contributed by atoms with van der Waals surface area (Å²) in [6.45, 7) is 4.85. The molecular formula is C36H43F5N4O3. The van der Waals surface area contributed by atoms with Crippen molar-refractivity contribution in [3.05, 3.63) is 100 Å². The van der Waals surface area contributed by atoms with Crippen molar-refractivity contribution in [2.45, 2.75) is 89.1 Å². The van der Waals surface area contributed by atoms with Gasteiger partial charge in [-0.05, 0) is 73.6 Å². The zero-order valence-corrected chi connectivity index (χ0v) is 27.3. The van der Waals surface area contributed by atoms with Gasteiger partial charge in [0.15, 0.2) is 0 Å². The molecule has 260 valence electrons. The molecule has 48 heavy (non-hydrogen) atoms. The summed E-state index contributed by atoms with van der Waals surface area (Å²) >= 11 is 0. The first-order valence-electron chi connectivity index (χ1n) is 16.5. The van der Waals surface area contributed by atoms with Crippen molar-refractivity contribution >= 4 is 11.8 Å². The van der Waals surface area contributed by atoms with E-state index in [4.69, 9.17) is 0 Å². The Bertz CT molecular complexity index is 1520. The molecular weight excluding hydrogens is 631 g/mol. The fourth-order valence-corrected chi connectivity index (χ4v) is 6.39. The van der Waals surface area contributed by atoms with Crippen molar-refractivity contribution < 1.29 is 36.6 Å². The van der Waals surface area contributed by atoms with E-state index in [0.717, 1.165) is 56.4 Å². The lowest BCUT2D eigenvalue weighted by atomic mass is 9.76. The van der Waals surface area contributed by atoms with Crippen molar-refractivity contribution in [2.24, 2.45) is 0 Å². The first-order valence-corrected chi connectivity index (χ1v) is 16.5. The van der Waals surface area contributed by atoms with Crippen LogP contribution in [0.4, 0.5) is 22.0 Å². The molecule has 0 spiro atoms. The molecule has 2 atom stereocenters. The van der Waals surface area contributed by atoms with Crippen LogP contribution in [-0.4, -0.2) is 58.6 Å². The van der Waals surface area contributed by atoms with Crippen molar-refractivity contribution in [2.75, 3.05) is 19.6 Å². The van der Waals surface area contributed by atoms with Gasteiger partial charge in [0, 0.05) is 43.6 Å². The number of aromatic nitrogens is 1. The van der Waals surface area contributed by atoms with Crippen LogP contribution in [0.15, 0.2) is 60.9 Å². The second-order valence-electron chi connectivity index (χ2n) is 12.5. The van der Waals surface area contributed by atoms with E-state index < -0.39 is 47.0 Å². The van der Waals surface area contributed by atoms with Crippen LogP contribution in [0.3, 0.4) is 0 Å². The summed E-state index contributed by atoms with van der Waals surface area (Å²) in [6.07, 6.45) is 1.66. The van der Waals surface area contributed by atoms with Gasteiger partial charge in [-0.3, -0.25) is 14.6 Å². The number of carbonyl (C=O) groups is 2. The number of pyridine rings is 1. The standard InChI is InChI=1S/C36H43F5N4O3/c1-3-13-45(14-4-2)34(48)26-18-25(21-42-22-26)33(47)44-31(17-24-15-29(37)20-30(38)16-24)32(46)23-43-35(11-6-5-7-12-35)27-9-8-10-28(19-27)36(39,40)41/h8-10,15-16,18-22,31-32,43,46H,3-7,11-14,17,23H2,1-2H3,(H,44,47)/t31-,32+/m0/s1. The molecule has 4 rings (SSSR count). The topological polar surface area (TPSA) is 94.6 Å². The van der Waals surface area contributed by atoms with Gasteiger partial charge in [0.1, 0.15) is 11.6 Å². The van der Waals surface area contributed by atoms with Crippen molar-refractivity contribution in [3.8, 4) is 0 Å². The lowest BCUT2D eigenvalue weighted by Crippen LogP contribution is -2.53. The van der Waals surface area contributed by atoms with Crippen molar-refractivity contribution in [1.82, 2.24) is 20.5 Å². The third kappa shape index (κ3) is 9.59. The molecule has 7 nitrogen and oxygen atoms in total. The van der Waals surface area contributed by atoms with E-state index in [1.165, 1.54) is 24.5 Å². The van der Waals surface area contributed by atoms with Crippen LogP contribution >= 0.6 is 0 Å². The van der Waals surface area contributed by atoms with Gasteiger partial charge in [0.2, 0.25) is 0 Å². The Morgan fingerprint density at radius 1 is 0.938 bits per heavy atom. The van der Waals surface area contributed by atoms with Crippen LogP contribution in [0.25, 0.3) is 0 Å². The Morgan fingerprint density at radius 2 is 1.58 bits per heavy atom. The van der Waals surface area contributed by atoms with Crippen LogP contribution in [0, 0.1) is 11.6 Å². The molecule has 1 aromatic heterocycles. The highest BCUT2D eigenvalue weighted by Gasteiger charge is 2.38. The number of amides is 2. The largest absolute Gasteiger partial charge is 0.416 e. The Hall–Kier alpha value is -3.90. The van der Waals surface area contributed by atoms with Crippen LogP contribution in [0.5, 0.6) is 0 Å². The number of aliphatic hydroxyl groups is 1. The molecule has 1 saturated carbocycles. The molecule has 1 heterocycles. The Labute approximate surface area is 277 Å². The summed E-state index contributed by atoms with van der Waals surface area (Å²) in [4.78, 5) is 32.5. The first-order chi connectivity index (χ1) is 22.8. The summed E-state index contributed by atoms with van der Waals surface area (Å²) in [5.41, 5.74) is -0.731. The van der Waals surface area contributed by atoms with Crippen molar-refractivity contribution in [1.29, 1.82) is 0 Å². The minimum absolute atomic E-state index is 0.0529. The highest BCUT2D eigenvalue weighted by Crippen LogP contribution is 2.39. The number of aliphatic hydroxyl groups excluding tert-OH is 1. The molecule has 3 aromatic rings. The third-order valence-corrected chi connectivity index (χ3v) is 8.78. The average molecular weight is 675 g/mol. The maximum atomic E-state index is 14.1. The maximum Gasteiger partial charge on any atom is 0.416 e. The number of hydrogen-bond donors (Lipinski definition) is 3. The minimum Gasteiger partial charge on any atom is -0.390 e. The monoisotopic (exact) mass is 674 g/mol. The van der Waals surface area contributed by atoms with Gasteiger partial charge in [-0.2, -0.15) is 13.2 Å². The van der Waals surface area contributed by atoms with E-state index in [0.29, 0.717) is 37.6 Å². The SMILES string of the molecule is CCCN(CCC)C(=O)c1cncc(C(=O)N[C@@H](Cc2cc(F)cc(F)c2)[C@H](O)CNC2(c3cccc(C(F)(F)F)c3)CCCCC2)c1. The molecule has 0 radical (unpaired) electrons. The fourth-order valence-electron chi connectivity index (χ4n) is 6.39. The van der Waals surface area contributed by atoms with Gasteiger partial charge in [-0.15, -0.1) is 0 Å². The Morgan fingerprint density at radius 3 is 2.21 bits per heavy atom. The Kier molecular flexibility index (Phi) is 12.7. The molecule has 3 N–H and O–H groups in total. The zero-order valence-electron chi connectivity index (χ0n) is 27.3. The Balaban J connectivity index is 1.59. The van der Waals surface area contributed by atoms with Gasteiger partial charge in [-0.25, -0.2) is 8.78 Å². The number of hydrogen-bond acceptors (Lipinski definition) is 5. The second kappa shape index (κ2) is 16.5. The molecule has 0 unspecified atom stereocenters. The summed E-state index contributed by atoms with van der Waals surface area (Å²) in [5.74, 6) is -2.59. The maximum absolute atomic E-state index is 14.1. The zero-order chi connectivity index (χ0) is 34.9. The van der Waals surface area contributed by atoms with E-state index in [1.807, 2.05) is 13.8 Å². The first kappa shape index (κ1) is 36.9. The molecule has 0 aliphatic heterocycles. The number of nitrogens with one attached hydrogen (secondary N) is 2. The molecule has 12 heteroatoms. The fraction of sp³-hybridized carbons (Fsp3) is 0.472. The van der Waals surface area contributed by atoms with Gasteiger partial charge in [-0.1, -0.05) is 45.2 Å². The average Bonchev–Trinajstić information content (AvgIpc) is 3.06. The van der Waals surface area contributed by atoms with Gasteiger partial charge in [0.25, 0.3) is 11.8 Å². The molecule has 2 aromatic carbocycles. The van der Waals surface area contributed by atoms with E-state index in [2.05, 4.69) is 15.6 Å². The van der Waals surface area contributed by atoms with E-state index >= 15 is 0 Å². The minimum atomic E-state index is -4.53.